The smallest absolute Gasteiger partial charge is 0.242 e. The van der Waals surface area contributed by atoms with E-state index in [2.05, 4.69) is 5.32 Å². The second kappa shape index (κ2) is 7.55. The lowest BCUT2D eigenvalue weighted by molar-refractivity contribution is 0.439. The van der Waals surface area contributed by atoms with E-state index < -0.39 is 10.0 Å². The first kappa shape index (κ1) is 17.6. The number of rotatable bonds is 7. The number of nitriles is 1. The number of nitrogens with zero attached hydrogens (tertiary/aromatic N) is 2. The Balaban J connectivity index is 3.04. The minimum absolute atomic E-state index is 0.0912. The van der Waals surface area contributed by atoms with Crippen molar-refractivity contribution >= 4 is 10.0 Å². The molecule has 116 valence electrons. The van der Waals surface area contributed by atoms with E-state index >= 15 is 0 Å². The van der Waals surface area contributed by atoms with Crippen molar-refractivity contribution in [3.8, 4) is 6.07 Å². The summed E-state index contributed by atoms with van der Waals surface area (Å²) < 4.78 is 26.3. The summed E-state index contributed by atoms with van der Waals surface area (Å²) in [6, 6.07) is 9.07. The van der Waals surface area contributed by atoms with Crippen LogP contribution in [-0.4, -0.2) is 32.9 Å². The first-order valence-corrected chi connectivity index (χ1v) is 8.46. The van der Waals surface area contributed by atoms with Crippen LogP contribution in [0, 0.1) is 17.2 Å². The molecule has 1 rings (SSSR count). The second-order valence-corrected chi connectivity index (χ2v) is 7.21. The van der Waals surface area contributed by atoms with Gasteiger partial charge in [0.1, 0.15) is 0 Å². The third kappa shape index (κ3) is 4.53. The number of nitrogens with one attached hydrogen (secondary N) is 1. The quantitative estimate of drug-likeness (QED) is 0.837. The molecule has 5 nitrogen and oxygen atoms in total. The largest absolute Gasteiger partial charge is 0.310 e. The molecule has 2 unspecified atom stereocenters. The van der Waals surface area contributed by atoms with Gasteiger partial charge in [-0.05, 0) is 38.1 Å². The first-order valence-electron chi connectivity index (χ1n) is 7.02. The fourth-order valence-electron chi connectivity index (χ4n) is 2.07. The average molecular weight is 309 g/mol. The third-order valence-corrected chi connectivity index (χ3v) is 5.15. The Labute approximate surface area is 127 Å². The van der Waals surface area contributed by atoms with Crippen LogP contribution in [0.3, 0.4) is 0 Å². The maximum atomic E-state index is 12.5. The molecule has 0 spiro atoms. The molecule has 0 heterocycles. The van der Waals surface area contributed by atoms with Crippen LogP contribution >= 0.6 is 0 Å². The zero-order valence-corrected chi connectivity index (χ0v) is 13.8. The Bertz CT molecular complexity index is 608. The molecule has 1 N–H and O–H groups in total. The van der Waals surface area contributed by atoms with Crippen LogP contribution in [-0.2, 0) is 10.0 Å². The normalized spacial score (nSPS) is 14.7. The summed E-state index contributed by atoms with van der Waals surface area (Å²) in [4.78, 5) is 0.261. The summed E-state index contributed by atoms with van der Waals surface area (Å²) in [6.45, 7) is 6.71. The van der Waals surface area contributed by atoms with Gasteiger partial charge in [-0.2, -0.15) is 9.57 Å². The van der Waals surface area contributed by atoms with Crippen LogP contribution < -0.4 is 5.32 Å². The molecule has 0 saturated heterocycles. The molecule has 2 atom stereocenters. The van der Waals surface area contributed by atoms with Crippen molar-refractivity contribution in [2.24, 2.45) is 5.92 Å². The lowest BCUT2D eigenvalue weighted by Gasteiger charge is -2.19. The van der Waals surface area contributed by atoms with Gasteiger partial charge in [0.15, 0.2) is 0 Å². The highest BCUT2D eigenvalue weighted by Crippen LogP contribution is 2.20. The number of hydrogen-bond acceptors (Lipinski definition) is 4. The van der Waals surface area contributed by atoms with Gasteiger partial charge in [0, 0.05) is 19.6 Å². The van der Waals surface area contributed by atoms with Crippen molar-refractivity contribution in [3.63, 3.8) is 0 Å². The highest BCUT2D eigenvalue weighted by atomic mass is 32.2. The Morgan fingerprint density at radius 1 is 1.38 bits per heavy atom. The summed E-state index contributed by atoms with van der Waals surface area (Å²) >= 11 is 0. The van der Waals surface area contributed by atoms with E-state index in [0.29, 0.717) is 0 Å². The summed E-state index contributed by atoms with van der Waals surface area (Å²) in [7, 11) is -2.06. The summed E-state index contributed by atoms with van der Waals surface area (Å²) in [5.41, 5.74) is 0.930. The van der Waals surface area contributed by atoms with Gasteiger partial charge in [0.05, 0.1) is 16.9 Å². The molecular formula is C15H23N3O2S. The van der Waals surface area contributed by atoms with Crippen molar-refractivity contribution in [1.82, 2.24) is 9.62 Å². The van der Waals surface area contributed by atoms with Crippen molar-refractivity contribution < 1.29 is 8.42 Å². The second-order valence-electron chi connectivity index (χ2n) is 5.17. The molecule has 0 aliphatic carbocycles. The van der Waals surface area contributed by atoms with Crippen LogP contribution in [0.25, 0.3) is 0 Å². The summed E-state index contributed by atoms with van der Waals surface area (Å²) in [6.07, 6.45) is 0. The maximum Gasteiger partial charge on any atom is 0.242 e. The molecule has 21 heavy (non-hydrogen) atoms. The number of hydrogen-bond donors (Lipinski definition) is 1. The topological polar surface area (TPSA) is 73.2 Å². The predicted molar refractivity (Wildman–Crippen MR) is 83.1 cm³/mol. The highest BCUT2D eigenvalue weighted by molar-refractivity contribution is 7.89. The Morgan fingerprint density at radius 3 is 2.62 bits per heavy atom. The van der Waals surface area contributed by atoms with E-state index in [9.17, 15) is 8.42 Å². The van der Waals surface area contributed by atoms with E-state index in [4.69, 9.17) is 5.26 Å². The van der Waals surface area contributed by atoms with Gasteiger partial charge in [0.25, 0.3) is 0 Å². The van der Waals surface area contributed by atoms with Crippen LogP contribution in [0.15, 0.2) is 29.2 Å². The van der Waals surface area contributed by atoms with Gasteiger partial charge in [-0.15, -0.1) is 0 Å². The third-order valence-electron chi connectivity index (χ3n) is 3.33. The predicted octanol–water partition coefficient (Wildman–Crippen LogP) is 2.14. The minimum atomic E-state index is -3.56. The Hall–Kier alpha value is -1.42. The highest BCUT2D eigenvalue weighted by Gasteiger charge is 2.23. The molecule has 1 aromatic rings. The van der Waals surface area contributed by atoms with Gasteiger partial charge in [-0.1, -0.05) is 19.1 Å². The molecule has 0 saturated carbocycles. The van der Waals surface area contributed by atoms with Crippen LogP contribution in [0.5, 0.6) is 0 Å². The van der Waals surface area contributed by atoms with E-state index in [1.165, 1.54) is 11.4 Å². The van der Waals surface area contributed by atoms with Gasteiger partial charge in [-0.3, -0.25) is 0 Å². The van der Waals surface area contributed by atoms with E-state index in [1.807, 2.05) is 26.0 Å². The van der Waals surface area contributed by atoms with Gasteiger partial charge in [-0.25, -0.2) is 8.42 Å². The van der Waals surface area contributed by atoms with E-state index in [1.54, 1.807) is 25.1 Å². The van der Waals surface area contributed by atoms with Gasteiger partial charge in [0.2, 0.25) is 10.0 Å². The molecule has 6 heteroatoms. The standard InChI is InChI=1S/C15H23N3O2S/c1-5-17-13(3)14-7-6-8-15(9-14)21(19,20)18(4)11-12(2)10-16/h6-9,12-13,17H,5,11H2,1-4H3. The van der Waals surface area contributed by atoms with Crippen molar-refractivity contribution in [3.05, 3.63) is 29.8 Å². The van der Waals surface area contributed by atoms with E-state index in [-0.39, 0.29) is 23.4 Å². The molecule has 0 fully saturated rings. The Kier molecular flexibility index (Phi) is 6.34. The zero-order chi connectivity index (χ0) is 16.0. The monoisotopic (exact) mass is 309 g/mol. The SMILES string of the molecule is CCNC(C)c1cccc(S(=O)(=O)N(C)CC(C)C#N)c1. The molecule has 0 amide bonds. The molecule has 0 aliphatic rings. The zero-order valence-electron chi connectivity index (χ0n) is 13.0. The molecule has 1 aromatic carbocycles. The molecule has 0 bridgehead atoms. The van der Waals surface area contributed by atoms with Gasteiger partial charge >= 0.3 is 0 Å². The first-order chi connectivity index (χ1) is 9.82. The van der Waals surface area contributed by atoms with Crippen molar-refractivity contribution in [1.29, 1.82) is 5.26 Å². The molecule has 0 aromatic heterocycles. The van der Waals surface area contributed by atoms with Crippen LogP contribution in [0.1, 0.15) is 32.4 Å². The summed E-state index contributed by atoms with van der Waals surface area (Å²) in [5.74, 6) is -0.339. The average Bonchev–Trinajstić information content (AvgIpc) is 2.47. The molecular weight excluding hydrogens is 286 g/mol. The molecule has 0 aliphatic heterocycles. The van der Waals surface area contributed by atoms with Crippen LogP contribution in [0.2, 0.25) is 0 Å². The van der Waals surface area contributed by atoms with Crippen LogP contribution in [0.4, 0.5) is 0 Å². The lowest BCUT2D eigenvalue weighted by Crippen LogP contribution is -2.31. The number of benzene rings is 1. The lowest BCUT2D eigenvalue weighted by atomic mass is 10.1. The fourth-order valence-corrected chi connectivity index (χ4v) is 3.39. The fraction of sp³-hybridized carbons (Fsp3) is 0.533. The van der Waals surface area contributed by atoms with Crippen molar-refractivity contribution in [2.75, 3.05) is 20.1 Å². The minimum Gasteiger partial charge on any atom is -0.310 e. The number of sulfonamides is 1. The Morgan fingerprint density at radius 2 is 2.05 bits per heavy atom. The summed E-state index contributed by atoms with van der Waals surface area (Å²) in [5, 5.41) is 12.1. The maximum absolute atomic E-state index is 12.5. The van der Waals surface area contributed by atoms with E-state index in [0.717, 1.165) is 12.1 Å². The van der Waals surface area contributed by atoms with Crippen molar-refractivity contribution in [2.45, 2.75) is 31.7 Å². The van der Waals surface area contributed by atoms with Gasteiger partial charge < -0.3 is 5.32 Å². The molecule has 0 radical (unpaired) electrons.